The van der Waals surface area contributed by atoms with Crippen molar-refractivity contribution in [2.24, 2.45) is 11.8 Å². The number of aryl methyl sites for hydroxylation is 1. The van der Waals surface area contributed by atoms with Crippen molar-refractivity contribution in [3.05, 3.63) is 64.7 Å². The maximum absolute atomic E-state index is 13.2. The van der Waals surface area contributed by atoms with Crippen LogP contribution in [-0.2, 0) is 16.0 Å². The van der Waals surface area contributed by atoms with Crippen LogP contribution in [0.4, 0.5) is 0 Å². The Kier molecular flexibility index (Phi) is 6.54. The number of carbonyl (C=O) groups excluding carboxylic acids is 2. The van der Waals surface area contributed by atoms with E-state index in [1.807, 2.05) is 12.1 Å². The molecule has 1 saturated carbocycles. The molecule has 5 heteroatoms. The van der Waals surface area contributed by atoms with Gasteiger partial charge in [0.1, 0.15) is 5.75 Å². The van der Waals surface area contributed by atoms with Crippen molar-refractivity contribution in [1.29, 1.82) is 0 Å². The number of hydrogen-bond donors (Lipinski definition) is 1. The first kappa shape index (κ1) is 22.4. The zero-order valence-corrected chi connectivity index (χ0v) is 19.6. The first-order valence-electron chi connectivity index (χ1n) is 11.8. The van der Waals surface area contributed by atoms with Gasteiger partial charge in [-0.2, -0.15) is 0 Å². The first-order chi connectivity index (χ1) is 15.3. The summed E-state index contributed by atoms with van der Waals surface area (Å²) in [6.45, 7) is 9.34. The fourth-order valence-electron chi connectivity index (χ4n) is 4.37. The van der Waals surface area contributed by atoms with E-state index >= 15 is 0 Å². The zero-order chi connectivity index (χ0) is 22.8. The molecule has 2 unspecified atom stereocenters. The molecule has 2 aromatic rings. The fraction of sp³-hybridized carbons (Fsp3) is 0.481. The summed E-state index contributed by atoms with van der Waals surface area (Å²) in [6.07, 6.45) is 2.24. The Morgan fingerprint density at radius 1 is 1.12 bits per heavy atom. The maximum Gasteiger partial charge on any atom is 0.260 e. The molecule has 2 aromatic carbocycles. The summed E-state index contributed by atoms with van der Waals surface area (Å²) in [7, 11) is 0. The third-order valence-corrected chi connectivity index (χ3v) is 6.28. The summed E-state index contributed by atoms with van der Waals surface area (Å²) in [5, 5.41) is 2.93. The summed E-state index contributed by atoms with van der Waals surface area (Å²) >= 11 is 0. The molecule has 1 N–H and O–H groups in total. The van der Waals surface area contributed by atoms with E-state index < -0.39 is 6.10 Å². The highest BCUT2D eigenvalue weighted by atomic mass is 16.5. The zero-order valence-electron chi connectivity index (χ0n) is 19.6. The Balaban J connectivity index is 1.63. The van der Waals surface area contributed by atoms with Gasteiger partial charge in [-0.25, -0.2) is 0 Å². The number of nitrogens with zero attached hydrogens (tertiary/aromatic N) is 1. The molecule has 2 atom stereocenters. The second kappa shape index (κ2) is 9.35. The third-order valence-electron chi connectivity index (χ3n) is 6.28. The molecule has 1 heterocycles. The predicted molar refractivity (Wildman–Crippen MR) is 126 cm³/mol. The molecule has 170 valence electrons. The molecule has 0 aromatic heterocycles. The SMILES string of the molecule is Cc1cccc(C2c3cc(OC(C)C(=O)NCC(C)C)ccc3CCN2C(=O)C2CC2)c1. The highest BCUT2D eigenvalue weighted by molar-refractivity contribution is 5.82. The van der Waals surface area contributed by atoms with E-state index in [-0.39, 0.29) is 23.8 Å². The minimum absolute atomic E-state index is 0.114. The quantitative estimate of drug-likeness (QED) is 0.702. The van der Waals surface area contributed by atoms with Gasteiger partial charge in [-0.15, -0.1) is 0 Å². The van der Waals surface area contributed by atoms with Crippen LogP contribution >= 0.6 is 0 Å². The summed E-state index contributed by atoms with van der Waals surface area (Å²) in [6, 6.07) is 14.3. The van der Waals surface area contributed by atoms with Gasteiger partial charge in [0.05, 0.1) is 6.04 Å². The van der Waals surface area contributed by atoms with Crippen molar-refractivity contribution < 1.29 is 14.3 Å². The average molecular weight is 435 g/mol. The highest BCUT2D eigenvalue weighted by Gasteiger charge is 2.39. The van der Waals surface area contributed by atoms with E-state index in [0.29, 0.717) is 18.2 Å². The Morgan fingerprint density at radius 3 is 2.59 bits per heavy atom. The van der Waals surface area contributed by atoms with Crippen molar-refractivity contribution >= 4 is 11.8 Å². The summed E-state index contributed by atoms with van der Waals surface area (Å²) in [5.41, 5.74) is 4.64. The van der Waals surface area contributed by atoms with Gasteiger partial charge in [0.2, 0.25) is 5.91 Å². The number of fused-ring (bicyclic) bond motifs is 1. The van der Waals surface area contributed by atoms with Crippen LogP contribution in [0.1, 0.15) is 61.9 Å². The van der Waals surface area contributed by atoms with Crippen LogP contribution < -0.4 is 10.1 Å². The minimum atomic E-state index is -0.586. The number of benzene rings is 2. The molecule has 5 nitrogen and oxygen atoms in total. The number of ether oxygens (including phenoxy) is 1. The molecule has 0 saturated heterocycles. The van der Waals surface area contributed by atoms with Crippen LogP contribution in [-0.4, -0.2) is 35.9 Å². The molecule has 1 aliphatic carbocycles. The number of hydrogen-bond acceptors (Lipinski definition) is 3. The lowest BCUT2D eigenvalue weighted by molar-refractivity contribution is -0.134. The van der Waals surface area contributed by atoms with Gasteiger partial charge in [0.15, 0.2) is 6.10 Å². The van der Waals surface area contributed by atoms with Crippen LogP contribution in [0.2, 0.25) is 0 Å². The predicted octanol–water partition coefficient (Wildman–Crippen LogP) is 4.42. The van der Waals surface area contributed by atoms with Crippen molar-refractivity contribution in [2.45, 2.75) is 59.1 Å². The Morgan fingerprint density at radius 2 is 1.91 bits per heavy atom. The fourth-order valence-corrected chi connectivity index (χ4v) is 4.37. The number of nitrogens with one attached hydrogen (secondary N) is 1. The Hall–Kier alpha value is -2.82. The van der Waals surface area contributed by atoms with Gasteiger partial charge in [-0.1, -0.05) is 49.7 Å². The van der Waals surface area contributed by atoms with Crippen molar-refractivity contribution in [3.8, 4) is 5.75 Å². The van der Waals surface area contributed by atoms with Gasteiger partial charge >= 0.3 is 0 Å². The second-order valence-corrected chi connectivity index (χ2v) is 9.63. The molecule has 0 bridgehead atoms. The van der Waals surface area contributed by atoms with Crippen molar-refractivity contribution in [3.63, 3.8) is 0 Å². The lowest BCUT2D eigenvalue weighted by Crippen LogP contribution is -2.41. The van der Waals surface area contributed by atoms with E-state index in [9.17, 15) is 9.59 Å². The Labute approximate surface area is 191 Å². The van der Waals surface area contributed by atoms with E-state index in [1.165, 1.54) is 11.1 Å². The molecular formula is C27H34N2O3. The van der Waals surface area contributed by atoms with E-state index in [2.05, 4.69) is 61.3 Å². The number of rotatable bonds is 7. The largest absolute Gasteiger partial charge is 0.481 e. The monoisotopic (exact) mass is 434 g/mol. The average Bonchev–Trinajstić information content (AvgIpc) is 3.61. The highest BCUT2D eigenvalue weighted by Crippen LogP contribution is 2.41. The van der Waals surface area contributed by atoms with Crippen LogP contribution in [0.5, 0.6) is 5.75 Å². The van der Waals surface area contributed by atoms with Crippen molar-refractivity contribution in [2.75, 3.05) is 13.1 Å². The van der Waals surface area contributed by atoms with Gasteiger partial charge < -0.3 is 15.0 Å². The minimum Gasteiger partial charge on any atom is -0.481 e. The normalized spacial score (nSPS) is 18.8. The van der Waals surface area contributed by atoms with Gasteiger partial charge in [0, 0.05) is 19.0 Å². The topological polar surface area (TPSA) is 58.6 Å². The van der Waals surface area contributed by atoms with Crippen LogP contribution in [0.15, 0.2) is 42.5 Å². The lowest BCUT2D eigenvalue weighted by Gasteiger charge is -2.38. The van der Waals surface area contributed by atoms with Gasteiger partial charge in [-0.3, -0.25) is 9.59 Å². The summed E-state index contributed by atoms with van der Waals surface area (Å²) in [4.78, 5) is 27.6. The maximum atomic E-state index is 13.2. The van der Waals surface area contributed by atoms with Gasteiger partial charge in [-0.05, 0) is 67.9 Å². The summed E-state index contributed by atoms with van der Waals surface area (Å²) in [5.74, 6) is 1.37. The Bertz CT molecular complexity index is 996. The molecule has 32 heavy (non-hydrogen) atoms. The molecule has 4 rings (SSSR count). The van der Waals surface area contributed by atoms with Crippen LogP contribution in [0.3, 0.4) is 0 Å². The molecule has 1 fully saturated rings. The summed E-state index contributed by atoms with van der Waals surface area (Å²) < 4.78 is 6.02. The molecule has 0 radical (unpaired) electrons. The molecule has 2 amide bonds. The third kappa shape index (κ3) is 4.98. The van der Waals surface area contributed by atoms with E-state index in [0.717, 1.165) is 36.9 Å². The standard InChI is InChI=1S/C27H34N2O3/c1-17(2)16-28-26(30)19(4)32-23-11-10-20-12-13-29(27(31)21-8-9-21)25(24(20)15-23)22-7-5-6-18(3)14-22/h5-7,10-11,14-15,17,19,21,25H,8-9,12-13,16H2,1-4H3,(H,28,30). The molecule has 1 aliphatic heterocycles. The smallest absolute Gasteiger partial charge is 0.260 e. The molecule has 0 spiro atoms. The van der Waals surface area contributed by atoms with Crippen LogP contribution in [0, 0.1) is 18.8 Å². The van der Waals surface area contributed by atoms with E-state index in [4.69, 9.17) is 4.74 Å². The van der Waals surface area contributed by atoms with Gasteiger partial charge in [0.25, 0.3) is 5.91 Å². The van der Waals surface area contributed by atoms with E-state index in [1.54, 1.807) is 6.92 Å². The number of amides is 2. The van der Waals surface area contributed by atoms with Crippen LogP contribution in [0.25, 0.3) is 0 Å². The first-order valence-corrected chi connectivity index (χ1v) is 11.8. The second-order valence-electron chi connectivity index (χ2n) is 9.63. The molecular weight excluding hydrogens is 400 g/mol. The van der Waals surface area contributed by atoms with Crippen molar-refractivity contribution in [1.82, 2.24) is 10.2 Å². The number of carbonyl (C=O) groups is 2. The lowest BCUT2D eigenvalue weighted by atomic mass is 9.87. The molecule has 2 aliphatic rings.